The van der Waals surface area contributed by atoms with Crippen LogP contribution in [-0.4, -0.2) is 24.0 Å². The minimum absolute atomic E-state index is 0.0771. The average Bonchev–Trinajstić information content (AvgIpc) is 2.09. The summed E-state index contributed by atoms with van der Waals surface area (Å²) in [5.41, 5.74) is -0.579. The SMILES string of the molecule is CCS(=O)(=O)c1ccnn(C)c1=O. The zero-order valence-corrected chi connectivity index (χ0v) is 8.21. The van der Waals surface area contributed by atoms with Gasteiger partial charge in [0.15, 0.2) is 9.84 Å². The number of sulfone groups is 1. The predicted molar refractivity (Wildman–Crippen MR) is 47.2 cm³/mol. The van der Waals surface area contributed by atoms with Gasteiger partial charge in [-0.1, -0.05) is 6.92 Å². The van der Waals surface area contributed by atoms with Gasteiger partial charge in [0.1, 0.15) is 4.90 Å². The van der Waals surface area contributed by atoms with Gasteiger partial charge in [0, 0.05) is 13.2 Å². The first kappa shape index (κ1) is 9.91. The van der Waals surface area contributed by atoms with Gasteiger partial charge >= 0.3 is 0 Å². The Balaban J connectivity index is 3.50. The highest BCUT2D eigenvalue weighted by Gasteiger charge is 2.16. The van der Waals surface area contributed by atoms with Crippen LogP contribution < -0.4 is 5.56 Å². The van der Waals surface area contributed by atoms with E-state index in [4.69, 9.17) is 0 Å². The Hall–Kier alpha value is -1.17. The number of rotatable bonds is 2. The summed E-state index contributed by atoms with van der Waals surface area (Å²) >= 11 is 0. The van der Waals surface area contributed by atoms with Crippen LogP contribution in [-0.2, 0) is 16.9 Å². The van der Waals surface area contributed by atoms with Gasteiger partial charge in [0.25, 0.3) is 5.56 Å². The summed E-state index contributed by atoms with van der Waals surface area (Å²) in [6, 6.07) is 1.22. The smallest absolute Gasteiger partial charge is 0.266 e. The quantitative estimate of drug-likeness (QED) is 0.652. The monoisotopic (exact) mass is 202 g/mol. The molecule has 0 aliphatic heterocycles. The molecule has 0 atom stereocenters. The van der Waals surface area contributed by atoms with Gasteiger partial charge in [-0.15, -0.1) is 0 Å². The third-order valence-corrected chi connectivity index (χ3v) is 3.43. The van der Waals surface area contributed by atoms with E-state index in [1.54, 1.807) is 0 Å². The molecule has 72 valence electrons. The Bertz CT molecular complexity index is 461. The highest BCUT2D eigenvalue weighted by atomic mass is 32.2. The Morgan fingerprint density at radius 3 is 2.69 bits per heavy atom. The molecule has 0 amide bonds. The second-order valence-electron chi connectivity index (χ2n) is 2.53. The van der Waals surface area contributed by atoms with Crippen molar-refractivity contribution in [2.75, 3.05) is 5.75 Å². The molecule has 0 aliphatic rings. The molecule has 6 heteroatoms. The summed E-state index contributed by atoms with van der Waals surface area (Å²) in [5, 5.41) is 3.63. The molecule has 0 unspecified atom stereocenters. The lowest BCUT2D eigenvalue weighted by molar-refractivity contribution is 0.590. The predicted octanol–water partition coefficient (Wildman–Crippen LogP) is -0.426. The molecule has 1 aromatic heterocycles. The van der Waals surface area contributed by atoms with Crippen LogP contribution in [0.5, 0.6) is 0 Å². The number of hydrogen-bond acceptors (Lipinski definition) is 4. The second-order valence-corrected chi connectivity index (χ2v) is 4.77. The zero-order chi connectivity index (χ0) is 10.1. The van der Waals surface area contributed by atoms with Crippen molar-refractivity contribution in [3.05, 3.63) is 22.6 Å². The highest BCUT2D eigenvalue weighted by molar-refractivity contribution is 7.91. The van der Waals surface area contributed by atoms with Gasteiger partial charge < -0.3 is 0 Å². The Morgan fingerprint density at radius 1 is 1.54 bits per heavy atom. The standard InChI is InChI=1S/C7H10N2O3S/c1-3-13(11,12)6-4-5-8-9(2)7(6)10/h4-5H,3H2,1-2H3. The number of nitrogens with zero attached hydrogens (tertiary/aromatic N) is 2. The molecule has 1 rings (SSSR count). The van der Waals surface area contributed by atoms with Crippen molar-refractivity contribution in [1.82, 2.24) is 9.78 Å². The van der Waals surface area contributed by atoms with Crippen LogP contribution in [0.1, 0.15) is 6.92 Å². The molecule has 0 bridgehead atoms. The Kier molecular flexibility index (Phi) is 2.51. The van der Waals surface area contributed by atoms with E-state index in [1.165, 1.54) is 26.2 Å². The largest absolute Gasteiger partial charge is 0.285 e. The molecule has 5 nitrogen and oxygen atoms in total. The summed E-state index contributed by atoms with van der Waals surface area (Å²) in [5.74, 6) is -0.0771. The van der Waals surface area contributed by atoms with E-state index in [2.05, 4.69) is 5.10 Å². The van der Waals surface area contributed by atoms with E-state index in [9.17, 15) is 13.2 Å². The molecule has 0 radical (unpaired) electrons. The summed E-state index contributed by atoms with van der Waals surface area (Å²) in [7, 11) is -2.01. The van der Waals surface area contributed by atoms with Gasteiger partial charge in [-0.2, -0.15) is 5.10 Å². The van der Waals surface area contributed by atoms with Crippen LogP contribution >= 0.6 is 0 Å². The van der Waals surface area contributed by atoms with Crippen LogP contribution in [0, 0.1) is 0 Å². The lowest BCUT2D eigenvalue weighted by atomic mass is 10.6. The van der Waals surface area contributed by atoms with Gasteiger partial charge in [-0.25, -0.2) is 13.1 Å². The molecule has 0 aromatic carbocycles. The molecular formula is C7H10N2O3S. The third-order valence-electron chi connectivity index (χ3n) is 1.69. The van der Waals surface area contributed by atoms with Crippen LogP contribution in [0.4, 0.5) is 0 Å². The molecule has 0 saturated heterocycles. The van der Waals surface area contributed by atoms with Crippen LogP contribution in [0.2, 0.25) is 0 Å². The Labute approximate surface area is 75.9 Å². The number of hydrogen-bond donors (Lipinski definition) is 0. The van der Waals surface area contributed by atoms with E-state index in [1.807, 2.05) is 0 Å². The lowest BCUT2D eigenvalue weighted by Gasteiger charge is -2.00. The van der Waals surface area contributed by atoms with Crippen LogP contribution in [0.3, 0.4) is 0 Å². The molecule has 13 heavy (non-hydrogen) atoms. The summed E-state index contributed by atoms with van der Waals surface area (Å²) in [6.07, 6.45) is 1.30. The van der Waals surface area contributed by atoms with Gasteiger partial charge in [0.2, 0.25) is 0 Å². The Morgan fingerprint density at radius 2 is 2.15 bits per heavy atom. The van der Waals surface area contributed by atoms with Crippen molar-refractivity contribution in [2.24, 2.45) is 7.05 Å². The molecule has 0 spiro atoms. The van der Waals surface area contributed by atoms with Gasteiger partial charge in [0.05, 0.1) is 5.75 Å². The first-order valence-electron chi connectivity index (χ1n) is 3.74. The maximum Gasteiger partial charge on any atom is 0.285 e. The summed E-state index contributed by atoms with van der Waals surface area (Å²) in [4.78, 5) is 11.1. The van der Waals surface area contributed by atoms with Crippen molar-refractivity contribution in [3.63, 3.8) is 0 Å². The van der Waals surface area contributed by atoms with Crippen molar-refractivity contribution in [2.45, 2.75) is 11.8 Å². The van der Waals surface area contributed by atoms with Crippen LogP contribution in [0.25, 0.3) is 0 Å². The lowest BCUT2D eigenvalue weighted by Crippen LogP contribution is -2.26. The summed E-state index contributed by atoms with van der Waals surface area (Å²) < 4.78 is 23.7. The molecule has 0 aliphatic carbocycles. The van der Waals surface area contributed by atoms with E-state index in [0.29, 0.717) is 0 Å². The zero-order valence-electron chi connectivity index (χ0n) is 7.39. The number of aromatic nitrogens is 2. The van der Waals surface area contributed by atoms with Crippen molar-refractivity contribution in [1.29, 1.82) is 0 Å². The fourth-order valence-electron chi connectivity index (χ4n) is 0.876. The highest BCUT2D eigenvalue weighted by Crippen LogP contribution is 2.02. The van der Waals surface area contributed by atoms with E-state index < -0.39 is 15.4 Å². The topological polar surface area (TPSA) is 69.0 Å². The first-order valence-corrected chi connectivity index (χ1v) is 5.39. The molecule has 1 aromatic rings. The molecule has 1 heterocycles. The normalized spacial score (nSPS) is 11.5. The fraction of sp³-hybridized carbons (Fsp3) is 0.429. The maximum absolute atomic E-state index is 11.3. The molecular weight excluding hydrogens is 192 g/mol. The molecule has 0 saturated carbocycles. The van der Waals surface area contributed by atoms with Crippen molar-refractivity contribution >= 4 is 9.84 Å². The fourth-order valence-corrected chi connectivity index (χ4v) is 1.85. The van der Waals surface area contributed by atoms with Gasteiger partial charge in [-0.05, 0) is 6.07 Å². The summed E-state index contributed by atoms with van der Waals surface area (Å²) in [6.45, 7) is 1.50. The minimum atomic E-state index is -3.42. The van der Waals surface area contributed by atoms with E-state index in [0.717, 1.165) is 4.68 Å². The van der Waals surface area contributed by atoms with Crippen molar-refractivity contribution < 1.29 is 8.42 Å². The number of aryl methyl sites for hydroxylation is 1. The molecule has 0 fully saturated rings. The second kappa shape index (κ2) is 3.29. The maximum atomic E-state index is 11.3. The minimum Gasteiger partial charge on any atom is -0.266 e. The van der Waals surface area contributed by atoms with Crippen LogP contribution in [0.15, 0.2) is 22.0 Å². The third kappa shape index (κ3) is 1.77. The van der Waals surface area contributed by atoms with E-state index >= 15 is 0 Å². The van der Waals surface area contributed by atoms with Gasteiger partial charge in [-0.3, -0.25) is 4.79 Å². The van der Waals surface area contributed by atoms with E-state index in [-0.39, 0.29) is 10.6 Å². The average molecular weight is 202 g/mol. The first-order chi connectivity index (χ1) is 5.99. The molecule has 0 N–H and O–H groups in total. The van der Waals surface area contributed by atoms with Crippen molar-refractivity contribution in [3.8, 4) is 0 Å².